The van der Waals surface area contributed by atoms with Gasteiger partial charge in [0, 0.05) is 39.1 Å². The highest BCUT2D eigenvalue weighted by molar-refractivity contribution is 7.89. The molecule has 0 atom stereocenters. The number of benzene rings is 1. The number of amides is 2. The molecule has 2 amide bonds. The second kappa shape index (κ2) is 8.70. The molecule has 3 rings (SSSR count). The molecule has 156 valence electrons. The van der Waals surface area contributed by atoms with Crippen molar-refractivity contribution in [2.24, 2.45) is 0 Å². The van der Waals surface area contributed by atoms with Crippen molar-refractivity contribution < 1.29 is 31.2 Å². The van der Waals surface area contributed by atoms with Crippen LogP contribution in [-0.4, -0.2) is 62.2 Å². The summed E-state index contributed by atoms with van der Waals surface area (Å²) in [5.74, 6) is -2.87. The largest absolute Gasteiger partial charge is 0.459 e. The van der Waals surface area contributed by atoms with Crippen molar-refractivity contribution in [2.45, 2.75) is 11.3 Å². The summed E-state index contributed by atoms with van der Waals surface area (Å²) in [4.78, 5) is 25.2. The number of nitrogens with one attached hydrogen (secondary N) is 1. The average Bonchev–Trinajstić information content (AvgIpc) is 3.25. The number of halogens is 2. The number of carbonyl (C=O) groups excluding carboxylic acids is 2. The van der Waals surface area contributed by atoms with Gasteiger partial charge in [0.2, 0.25) is 15.9 Å². The molecule has 0 spiro atoms. The van der Waals surface area contributed by atoms with Crippen LogP contribution in [0.1, 0.15) is 17.0 Å². The molecule has 0 saturated carbocycles. The second-order valence-corrected chi connectivity index (χ2v) is 8.28. The van der Waals surface area contributed by atoms with E-state index in [9.17, 15) is 26.8 Å². The molecule has 0 aliphatic carbocycles. The van der Waals surface area contributed by atoms with Crippen molar-refractivity contribution >= 4 is 21.8 Å². The smallest absolute Gasteiger partial charge is 0.286 e. The lowest BCUT2D eigenvalue weighted by Gasteiger charge is -2.34. The Bertz CT molecular complexity index is 987. The van der Waals surface area contributed by atoms with E-state index >= 15 is 0 Å². The second-order valence-electron chi connectivity index (χ2n) is 6.34. The first-order chi connectivity index (χ1) is 13.8. The Morgan fingerprint density at radius 1 is 1.07 bits per heavy atom. The lowest BCUT2D eigenvalue weighted by Crippen LogP contribution is -2.50. The van der Waals surface area contributed by atoms with Crippen LogP contribution in [-0.2, 0) is 14.8 Å². The summed E-state index contributed by atoms with van der Waals surface area (Å²) in [7, 11) is -3.98. The minimum Gasteiger partial charge on any atom is -0.459 e. The van der Waals surface area contributed by atoms with Gasteiger partial charge in [-0.25, -0.2) is 17.2 Å². The first-order valence-electron chi connectivity index (χ1n) is 8.84. The Balaban J connectivity index is 1.49. The van der Waals surface area contributed by atoms with Gasteiger partial charge in [-0.15, -0.1) is 0 Å². The third kappa shape index (κ3) is 4.80. The van der Waals surface area contributed by atoms with Crippen molar-refractivity contribution in [1.29, 1.82) is 0 Å². The zero-order valence-electron chi connectivity index (χ0n) is 15.3. The van der Waals surface area contributed by atoms with Crippen LogP contribution in [0.4, 0.5) is 8.78 Å². The molecule has 1 aromatic heterocycles. The Morgan fingerprint density at radius 2 is 1.79 bits per heavy atom. The number of sulfonamides is 1. The molecule has 1 aliphatic heterocycles. The van der Waals surface area contributed by atoms with E-state index in [0.717, 1.165) is 16.4 Å². The van der Waals surface area contributed by atoms with Gasteiger partial charge in [0.1, 0.15) is 0 Å². The maximum Gasteiger partial charge on any atom is 0.286 e. The Labute approximate surface area is 166 Å². The van der Waals surface area contributed by atoms with Gasteiger partial charge in [-0.2, -0.15) is 4.31 Å². The van der Waals surface area contributed by atoms with Crippen LogP contribution in [0.25, 0.3) is 0 Å². The fraction of sp³-hybridized carbons (Fsp3) is 0.333. The van der Waals surface area contributed by atoms with Gasteiger partial charge in [-0.1, -0.05) is 0 Å². The monoisotopic (exact) mass is 427 g/mol. The molecule has 2 heterocycles. The van der Waals surface area contributed by atoms with E-state index in [1.54, 1.807) is 6.07 Å². The van der Waals surface area contributed by atoms with E-state index in [2.05, 4.69) is 5.32 Å². The zero-order chi connectivity index (χ0) is 21.0. The number of hydrogen-bond acceptors (Lipinski definition) is 5. The molecular formula is C18H19F2N3O5S. The van der Waals surface area contributed by atoms with Gasteiger partial charge >= 0.3 is 0 Å². The number of furan rings is 1. The van der Waals surface area contributed by atoms with E-state index in [1.807, 2.05) is 0 Å². The lowest BCUT2D eigenvalue weighted by molar-refractivity contribution is -0.132. The number of carbonyl (C=O) groups is 2. The van der Waals surface area contributed by atoms with Crippen LogP contribution in [0.3, 0.4) is 0 Å². The van der Waals surface area contributed by atoms with E-state index < -0.39 is 27.6 Å². The molecule has 0 radical (unpaired) electrons. The topological polar surface area (TPSA) is 99.9 Å². The molecule has 0 bridgehead atoms. The first kappa shape index (κ1) is 20.9. The Hall–Kier alpha value is -2.79. The number of piperazine rings is 1. The average molecular weight is 427 g/mol. The van der Waals surface area contributed by atoms with Gasteiger partial charge in [0.15, 0.2) is 17.4 Å². The van der Waals surface area contributed by atoms with E-state index in [-0.39, 0.29) is 55.7 Å². The van der Waals surface area contributed by atoms with Crippen molar-refractivity contribution in [3.05, 3.63) is 54.0 Å². The van der Waals surface area contributed by atoms with Crippen molar-refractivity contribution in [3.63, 3.8) is 0 Å². The fourth-order valence-electron chi connectivity index (χ4n) is 2.90. The molecule has 8 nitrogen and oxygen atoms in total. The van der Waals surface area contributed by atoms with Gasteiger partial charge in [0.05, 0.1) is 11.2 Å². The third-order valence-corrected chi connectivity index (χ3v) is 6.38. The minimum atomic E-state index is -3.98. The molecule has 11 heteroatoms. The quantitative estimate of drug-likeness (QED) is 0.747. The van der Waals surface area contributed by atoms with Crippen molar-refractivity contribution in [2.75, 3.05) is 32.7 Å². The number of nitrogens with zero attached hydrogens (tertiary/aromatic N) is 2. The number of rotatable bonds is 6. The molecule has 1 N–H and O–H groups in total. The summed E-state index contributed by atoms with van der Waals surface area (Å²) in [6, 6.07) is 5.49. The summed E-state index contributed by atoms with van der Waals surface area (Å²) < 4.78 is 57.6. The lowest BCUT2D eigenvalue weighted by atomic mass is 10.3. The third-order valence-electron chi connectivity index (χ3n) is 4.49. The van der Waals surface area contributed by atoms with Crippen LogP contribution >= 0.6 is 0 Å². The summed E-state index contributed by atoms with van der Waals surface area (Å²) in [5.41, 5.74) is 0. The highest BCUT2D eigenvalue weighted by Gasteiger charge is 2.30. The summed E-state index contributed by atoms with van der Waals surface area (Å²) in [6.07, 6.45) is 1.43. The van der Waals surface area contributed by atoms with E-state index in [1.165, 1.54) is 17.2 Å². The van der Waals surface area contributed by atoms with E-state index in [0.29, 0.717) is 6.07 Å². The fourth-order valence-corrected chi connectivity index (χ4v) is 4.33. The van der Waals surface area contributed by atoms with E-state index in [4.69, 9.17) is 4.42 Å². The predicted molar refractivity (Wildman–Crippen MR) is 97.4 cm³/mol. The molecule has 1 aromatic carbocycles. The van der Waals surface area contributed by atoms with Crippen LogP contribution in [0, 0.1) is 11.6 Å². The van der Waals surface area contributed by atoms with Gasteiger partial charge in [-0.05, 0) is 30.3 Å². The van der Waals surface area contributed by atoms with Gasteiger partial charge < -0.3 is 14.6 Å². The molecular weight excluding hydrogens is 408 g/mol. The highest BCUT2D eigenvalue weighted by atomic mass is 32.2. The van der Waals surface area contributed by atoms with Crippen LogP contribution in [0.2, 0.25) is 0 Å². The minimum absolute atomic E-state index is 0.0336. The highest BCUT2D eigenvalue weighted by Crippen LogP contribution is 2.20. The van der Waals surface area contributed by atoms with Crippen molar-refractivity contribution in [1.82, 2.24) is 14.5 Å². The predicted octanol–water partition coefficient (Wildman–Crippen LogP) is 1.21. The molecule has 29 heavy (non-hydrogen) atoms. The van der Waals surface area contributed by atoms with Crippen LogP contribution in [0.5, 0.6) is 0 Å². The molecule has 1 aliphatic rings. The van der Waals surface area contributed by atoms with Crippen LogP contribution in [0.15, 0.2) is 45.9 Å². The molecule has 1 saturated heterocycles. The van der Waals surface area contributed by atoms with Crippen LogP contribution < -0.4 is 5.32 Å². The molecule has 1 fully saturated rings. The summed E-state index contributed by atoms with van der Waals surface area (Å²) in [6.45, 7) is 0.505. The Morgan fingerprint density at radius 3 is 2.41 bits per heavy atom. The summed E-state index contributed by atoms with van der Waals surface area (Å²) in [5, 5.41) is 2.57. The normalized spacial score (nSPS) is 15.3. The first-order valence-corrected chi connectivity index (χ1v) is 10.3. The number of hydrogen-bond donors (Lipinski definition) is 1. The molecule has 0 unspecified atom stereocenters. The maximum atomic E-state index is 13.4. The zero-order valence-corrected chi connectivity index (χ0v) is 16.1. The SMILES string of the molecule is O=C(NCCC(=O)N1CCN(S(=O)(=O)c2ccc(F)c(F)c2)CC1)c1ccco1. The van der Waals surface area contributed by atoms with Gasteiger partial charge in [-0.3, -0.25) is 9.59 Å². The molecule has 2 aromatic rings. The Kier molecular flexibility index (Phi) is 6.28. The maximum absolute atomic E-state index is 13.4. The summed E-state index contributed by atoms with van der Waals surface area (Å²) >= 11 is 0. The standard InChI is InChI=1S/C18H19F2N3O5S/c19-14-4-3-13(12-15(14)20)29(26,27)23-9-7-22(8-10-23)17(24)5-6-21-18(25)16-2-1-11-28-16/h1-4,11-12H,5-10H2,(H,21,25). The van der Waals surface area contributed by atoms with Gasteiger partial charge in [0.25, 0.3) is 5.91 Å². The van der Waals surface area contributed by atoms with Crippen molar-refractivity contribution in [3.8, 4) is 0 Å².